The molecule has 0 aliphatic carbocycles. The molecule has 1 saturated heterocycles. The van der Waals surface area contributed by atoms with Crippen LogP contribution < -0.4 is 15.2 Å². The standard InChI is InChI=1S/C28H38N2O5/c1-16(2)34-22-12-20(13-23(14-22)35-17(3)4)15-30-9-7-21(8-10-30)26-19(6)25(28(32)33)18(5)11-24(26)27(29)31/h11-14,16-17,21H,7-10,15H2,1-6H3,(H2,29,31)(H,32,33). The molecule has 7 heteroatoms. The van der Waals surface area contributed by atoms with Gasteiger partial charge in [0.25, 0.3) is 0 Å². The maximum Gasteiger partial charge on any atom is 0.336 e. The fraction of sp³-hybridized carbons (Fsp3) is 0.500. The number of nitrogens with zero attached hydrogens (tertiary/aromatic N) is 1. The summed E-state index contributed by atoms with van der Waals surface area (Å²) in [4.78, 5) is 26.4. The SMILES string of the molecule is Cc1cc(C(N)=O)c(C2CCN(Cc3cc(OC(C)C)cc(OC(C)C)c3)CC2)c(C)c1C(=O)O. The molecule has 1 aliphatic rings. The number of primary amides is 1. The van der Waals surface area contributed by atoms with Crippen LogP contribution in [0.2, 0.25) is 0 Å². The van der Waals surface area contributed by atoms with E-state index in [9.17, 15) is 14.7 Å². The summed E-state index contributed by atoms with van der Waals surface area (Å²) in [6.07, 6.45) is 1.78. The van der Waals surface area contributed by atoms with Crippen molar-refractivity contribution in [1.29, 1.82) is 0 Å². The van der Waals surface area contributed by atoms with Crippen LogP contribution in [0, 0.1) is 13.8 Å². The molecule has 0 saturated carbocycles. The predicted octanol–water partition coefficient (Wildman–Crippen LogP) is 5.05. The van der Waals surface area contributed by atoms with Gasteiger partial charge in [0.05, 0.1) is 17.8 Å². The highest BCUT2D eigenvalue weighted by Gasteiger charge is 2.29. The number of amides is 1. The lowest BCUT2D eigenvalue weighted by Gasteiger charge is -2.34. The number of rotatable bonds is 9. The number of carbonyl (C=O) groups excluding carboxylic acids is 1. The van der Waals surface area contributed by atoms with E-state index in [1.165, 1.54) is 0 Å². The van der Waals surface area contributed by atoms with Crippen molar-refractivity contribution < 1.29 is 24.2 Å². The lowest BCUT2D eigenvalue weighted by Crippen LogP contribution is -2.33. The molecule has 0 unspecified atom stereocenters. The van der Waals surface area contributed by atoms with Crippen molar-refractivity contribution in [3.05, 3.63) is 57.6 Å². The van der Waals surface area contributed by atoms with Gasteiger partial charge in [-0.2, -0.15) is 0 Å². The number of carboxylic acids is 1. The Hall–Kier alpha value is -3.06. The van der Waals surface area contributed by atoms with Crippen LogP contribution in [0.3, 0.4) is 0 Å². The molecular weight excluding hydrogens is 444 g/mol. The first-order valence-electron chi connectivity index (χ1n) is 12.3. The summed E-state index contributed by atoms with van der Waals surface area (Å²) in [6, 6.07) is 7.69. The number of carbonyl (C=O) groups is 2. The number of hydrogen-bond acceptors (Lipinski definition) is 5. The zero-order chi connectivity index (χ0) is 25.9. The van der Waals surface area contributed by atoms with Gasteiger partial charge >= 0.3 is 5.97 Å². The number of nitrogens with two attached hydrogens (primary N) is 1. The molecule has 3 N–H and O–H groups in total. The van der Waals surface area contributed by atoms with E-state index < -0.39 is 11.9 Å². The van der Waals surface area contributed by atoms with Crippen molar-refractivity contribution in [2.24, 2.45) is 5.73 Å². The highest BCUT2D eigenvalue weighted by atomic mass is 16.5. The number of aromatic carboxylic acids is 1. The highest BCUT2D eigenvalue weighted by Crippen LogP contribution is 2.36. The smallest absolute Gasteiger partial charge is 0.336 e. The molecule has 2 aromatic carbocycles. The Balaban J connectivity index is 1.79. The van der Waals surface area contributed by atoms with Gasteiger partial charge in [-0.1, -0.05) is 0 Å². The summed E-state index contributed by atoms with van der Waals surface area (Å²) in [5.41, 5.74) is 9.53. The van der Waals surface area contributed by atoms with E-state index in [0.717, 1.165) is 55.1 Å². The average molecular weight is 483 g/mol. The van der Waals surface area contributed by atoms with Crippen LogP contribution in [0.1, 0.15) is 89.4 Å². The third-order valence-electron chi connectivity index (χ3n) is 6.39. The molecule has 3 rings (SSSR count). The van der Waals surface area contributed by atoms with Crippen molar-refractivity contribution in [3.8, 4) is 11.5 Å². The minimum atomic E-state index is -0.974. The highest BCUT2D eigenvalue weighted by molar-refractivity contribution is 5.99. The Labute approximate surface area is 208 Å². The predicted molar refractivity (Wildman–Crippen MR) is 137 cm³/mol. The molecule has 1 aliphatic heterocycles. The molecule has 0 bridgehead atoms. The largest absolute Gasteiger partial charge is 0.491 e. The first-order chi connectivity index (χ1) is 16.5. The summed E-state index contributed by atoms with van der Waals surface area (Å²) < 4.78 is 11.9. The van der Waals surface area contributed by atoms with E-state index in [-0.39, 0.29) is 23.7 Å². The Morgan fingerprint density at radius 3 is 2.00 bits per heavy atom. The van der Waals surface area contributed by atoms with Gasteiger partial charge in [-0.3, -0.25) is 9.69 Å². The molecule has 190 valence electrons. The quantitative estimate of drug-likeness (QED) is 0.518. The molecule has 7 nitrogen and oxygen atoms in total. The number of aryl methyl sites for hydroxylation is 1. The maximum atomic E-state index is 12.2. The third-order valence-corrected chi connectivity index (χ3v) is 6.39. The molecule has 0 atom stereocenters. The van der Waals surface area contributed by atoms with Crippen LogP contribution in [0.4, 0.5) is 0 Å². The van der Waals surface area contributed by atoms with Crippen molar-refractivity contribution in [1.82, 2.24) is 4.90 Å². The topological polar surface area (TPSA) is 102 Å². The first kappa shape index (κ1) is 26.5. The summed E-state index contributed by atoms with van der Waals surface area (Å²) in [6.45, 7) is 13.9. The van der Waals surface area contributed by atoms with Crippen molar-refractivity contribution in [2.45, 2.75) is 79.1 Å². The minimum Gasteiger partial charge on any atom is -0.491 e. The number of ether oxygens (including phenoxy) is 2. The minimum absolute atomic E-state index is 0.0702. The van der Waals surface area contributed by atoms with E-state index in [1.54, 1.807) is 19.9 Å². The monoisotopic (exact) mass is 482 g/mol. The number of hydrogen-bond donors (Lipinski definition) is 2. The molecule has 1 heterocycles. The van der Waals surface area contributed by atoms with Gasteiger partial charge in [0.15, 0.2) is 0 Å². The van der Waals surface area contributed by atoms with Crippen LogP contribution >= 0.6 is 0 Å². The van der Waals surface area contributed by atoms with Gasteiger partial charge in [-0.05, 0) is 114 Å². The second-order valence-corrected chi connectivity index (χ2v) is 10.0. The number of likely N-dealkylation sites (tertiary alicyclic amines) is 1. The number of benzene rings is 2. The lowest BCUT2D eigenvalue weighted by atomic mass is 9.80. The lowest BCUT2D eigenvalue weighted by molar-refractivity contribution is 0.0694. The normalized spacial score (nSPS) is 15.0. The molecular formula is C28H38N2O5. The average Bonchev–Trinajstić information content (AvgIpc) is 2.72. The first-order valence-corrected chi connectivity index (χ1v) is 12.3. The molecule has 0 aromatic heterocycles. The zero-order valence-corrected chi connectivity index (χ0v) is 21.7. The zero-order valence-electron chi connectivity index (χ0n) is 21.7. The van der Waals surface area contributed by atoms with E-state index in [4.69, 9.17) is 15.2 Å². The van der Waals surface area contributed by atoms with E-state index in [0.29, 0.717) is 16.7 Å². The summed E-state index contributed by atoms with van der Waals surface area (Å²) in [5, 5.41) is 9.71. The molecule has 0 radical (unpaired) electrons. The van der Waals surface area contributed by atoms with Gasteiger partial charge in [0.2, 0.25) is 5.91 Å². The number of carboxylic acid groups (broad SMARTS) is 1. The van der Waals surface area contributed by atoms with Crippen molar-refractivity contribution in [3.63, 3.8) is 0 Å². The van der Waals surface area contributed by atoms with Gasteiger partial charge in [-0.15, -0.1) is 0 Å². The van der Waals surface area contributed by atoms with Gasteiger partial charge in [0.1, 0.15) is 11.5 Å². The summed E-state index contributed by atoms with van der Waals surface area (Å²) in [7, 11) is 0. The Kier molecular flexibility index (Phi) is 8.43. The second kappa shape index (κ2) is 11.1. The second-order valence-electron chi connectivity index (χ2n) is 10.0. The number of piperidine rings is 1. The maximum absolute atomic E-state index is 12.2. The summed E-state index contributed by atoms with van der Waals surface area (Å²) >= 11 is 0. The van der Waals surface area contributed by atoms with E-state index >= 15 is 0 Å². The molecule has 1 amide bonds. The van der Waals surface area contributed by atoms with Crippen LogP contribution in [0.15, 0.2) is 24.3 Å². The molecule has 2 aromatic rings. The Bertz CT molecular complexity index is 1060. The summed E-state index contributed by atoms with van der Waals surface area (Å²) in [5.74, 6) is 0.196. The molecule has 35 heavy (non-hydrogen) atoms. The van der Waals surface area contributed by atoms with E-state index in [2.05, 4.69) is 17.0 Å². The fourth-order valence-electron chi connectivity index (χ4n) is 5.10. The Morgan fingerprint density at radius 2 is 1.54 bits per heavy atom. The third kappa shape index (κ3) is 6.54. The fourth-order valence-corrected chi connectivity index (χ4v) is 5.10. The Morgan fingerprint density at radius 1 is 1.00 bits per heavy atom. The van der Waals surface area contributed by atoms with Crippen LogP contribution in [-0.4, -0.2) is 47.2 Å². The molecule has 1 fully saturated rings. The van der Waals surface area contributed by atoms with Crippen LogP contribution in [0.5, 0.6) is 11.5 Å². The molecule has 0 spiro atoms. The van der Waals surface area contributed by atoms with Gasteiger partial charge in [-0.25, -0.2) is 4.79 Å². The van der Waals surface area contributed by atoms with Gasteiger partial charge < -0.3 is 20.3 Å². The van der Waals surface area contributed by atoms with Crippen LogP contribution in [0.25, 0.3) is 0 Å². The van der Waals surface area contributed by atoms with Crippen LogP contribution in [-0.2, 0) is 6.54 Å². The van der Waals surface area contributed by atoms with Crippen molar-refractivity contribution >= 4 is 11.9 Å². The van der Waals surface area contributed by atoms with Crippen molar-refractivity contribution in [2.75, 3.05) is 13.1 Å². The van der Waals surface area contributed by atoms with Gasteiger partial charge in [0, 0.05) is 18.2 Å². The van der Waals surface area contributed by atoms with E-state index in [1.807, 2.05) is 33.8 Å².